The molecule has 0 amide bonds. The molecular weight excluding hydrogens is 335 g/mol. The molecule has 0 aliphatic rings. The smallest absolute Gasteiger partial charge is 0.317 e. The maximum Gasteiger partial charge on any atom is 0.317 e. The molecule has 0 fully saturated rings. The van der Waals surface area contributed by atoms with Crippen LogP contribution in [-0.2, 0) is 4.79 Å². The van der Waals surface area contributed by atoms with Gasteiger partial charge < -0.3 is 5.11 Å². The molecule has 3 aromatic rings. The average Bonchev–Trinajstić information content (AvgIpc) is 2.99. The monoisotopic (exact) mass is 346 g/mol. The van der Waals surface area contributed by atoms with Crippen molar-refractivity contribution in [1.82, 2.24) is 9.78 Å². The van der Waals surface area contributed by atoms with Crippen LogP contribution in [0.3, 0.4) is 0 Å². The molecule has 6 heteroatoms. The van der Waals surface area contributed by atoms with Crippen LogP contribution in [0.2, 0.25) is 10.0 Å². The highest BCUT2D eigenvalue weighted by Gasteiger charge is 2.26. The average molecular weight is 347 g/mol. The molecule has 116 valence electrons. The summed E-state index contributed by atoms with van der Waals surface area (Å²) in [5, 5.41) is 15.0. The maximum atomic E-state index is 11.7. The van der Waals surface area contributed by atoms with Crippen LogP contribution in [0, 0.1) is 0 Å². The van der Waals surface area contributed by atoms with Crippen LogP contribution in [0.25, 0.3) is 5.69 Å². The van der Waals surface area contributed by atoms with E-state index < -0.39 is 11.9 Å². The van der Waals surface area contributed by atoms with E-state index in [4.69, 9.17) is 23.2 Å². The highest BCUT2D eigenvalue weighted by atomic mass is 35.5. The molecule has 1 aromatic heterocycles. The first kappa shape index (κ1) is 15.6. The van der Waals surface area contributed by atoms with Crippen molar-refractivity contribution in [3.05, 3.63) is 82.1 Å². The molecule has 0 saturated heterocycles. The molecular formula is C17H12Cl2N2O2. The lowest BCUT2D eigenvalue weighted by molar-refractivity contribution is -0.137. The summed E-state index contributed by atoms with van der Waals surface area (Å²) in [7, 11) is 0. The van der Waals surface area contributed by atoms with Crippen LogP contribution in [0.1, 0.15) is 17.2 Å². The van der Waals surface area contributed by atoms with E-state index in [-0.39, 0.29) is 0 Å². The van der Waals surface area contributed by atoms with Gasteiger partial charge >= 0.3 is 5.97 Å². The summed E-state index contributed by atoms with van der Waals surface area (Å²) in [6, 6.07) is 15.7. The number of nitrogens with zero attached hydrogens (tertiary/aromatic N) is 2. The number of benzene rings is 2. The quantitative estimate of drug-likeness (QED) is 0.761. The summed E-state index contributed by atoms with van der Waals surface area (Å²) in [5.41, 5.74) is 1.73. The number of hydrogen-bond acceptors (Lipinski definition) is 2. The molecule has 0 bridgehead atoms. The van der Waals surface area contributed by atoms with E-state index in [0.29, 0.717) is 21.3 Å². The fraction of sp³-hybridized carbons (Fsp3) is 0.0588. The zero-order valence-electron chi connectivity index (χ0n) is 11.9. The highest BCUT2D eigenvalue weighted by molar-refractivity contribution is 6.31. The molecule has 0 aliphatic heterocycles. The number of carbonyl (C=O) groups is 1. The third-order valence-electron chi connectivity index (χ3n) is 3.46. The lowest BCUT2D eigenvalue weighted by Gasteiger charge is -2.12. The second-order valence-corrected chi connectivity index (χ2v) is 5.80. The van der Waals surface area contributed by atoms with Gasteiger partial charge in [-0.05, 0) is 42.0 Å². The Balaban J connectivity index is 2.01. The van der Waals surface area contributed by atoms with Crippen LogP contribution >= 0.6 is 23.2 Å². The lowest BCUT2D eigenvalue weighted by atomic mass is 9.96. The predicted octanol–water partition coefficient (Wildman–Crippen LogP) is 4.40. The molecule has 0 spiro atoms. The summed E-state index contributed by atoms with van der Waals surface area (Å²) < 4.78 is 1.61. The largest absolute Gasteiger partial charge is 0.480 e. The molecule has 1 heterocycles. The molecule has 1 unspecified atom stereocenters. The molecule has 2 aromatic carbocycles. The minimum atomic E-state index is -1.00. The Bertz CT molecular complexity index is 844. The summed E-state index contributed by atoms with van der Waals surface area (Å²) in [6.45, 7) is 0. The third-order valence-corrected chi connectivity index (χ3v) is 4.06. The Labute approximate surface area is 142 Å². The molecule has 1 N–H and O–H groups in total. The zero-order valence-corrected chi connectivity index (χ0v) is 13.4. The summed E-state index contributed by atoms with van der Waals surface area (Å²) in [5.74, 6) is -1.92. The SMILES string of the molecule is O=C(O)C(c1ccn(-c2ccc(Cl)cc2)n1)c1ccccc1Cl. The second-order valence-electron chi connectivity index (χ2n) is 4.95. The van der Waals surface area contributed by atoms with Crippen LogP contribution in [0.4, 0.5) is 0 Å². The van der Waals surface area contributed by atoms with Crippen LogP contribution in [0.15, 0.2) is 60.8 Å². The number of halogens is 2. The van der Waals surface area contributed by atoms with Gasteiger partial charge in [0.05, 0.1) is 11.4 Å². The van der Waals surface area contributed by atoms with E-state index in [2.05, 4.69) is 5.10 Å². The summed E-state index contributed by atoms with van der Waals surface area (Å²) >= 11 is 12.0. The minimum Gasteiger partial charge on any atom is -0.480 e. The van der Waals surface area contributed by atoms with Gasteiger partial charge in [0.25, 0.3) is 0 Å². The standard InChI is InChI=1S/C17H12Cl2N2O2/c18-11-5-7-12(8-6-11)21-10-9-15(20-21)16(17(22)23)13-3-1-2-4-14(13)19/h1-10,16H,(H,22,23). The Morgan fingerprint density at radius 1 is 1.04 bits per heavy atom. The Kier molecular flexibility index (Phi) is 4.37. The van der Waals surface area contributed by atoms with E-state index in [1.807, 2.05) is 12.1 Å². The van der Waals surface area contributed by atoms with Gasteiger partial charge in [-0.2, -0.15) is 5.10 Å². The number of carboxylic acid groups (broad SMARTS) is 1. The van der Waals surface area contributed by atoms with Gasteiger partial charge in [0.1, 0.15) is 5.92 Å². The molecule has 1 atom stereocenters. The van der Waals surface area contributed by atoms with Gasteiger partial charge in [-0.15, -0.1) is 0 Å². The van der Waals surface area contributed by atoms with Gasteiger partial charge in [-0.3, -0.25) is 4.79 Å². The van der Waals surface area contributed by atoms with E-state index in [9.17, 15) is 9.90 Å². The van der Waals surface area contributed by atoms with Crippen molar-refractivity contribution < 1.29 is 9.90 Å². The van der Waals surface area contributed by atoms with E-state index in [1.54, 1.807) is 53.3 Å². The predicted molar refractivity (Wildman–Crippen MR) is 89.5 cm³/mol. The molecule has 4 nitrogen and oxygen atoms in total. The molecule has 0 aliphatic carbocycles. The van der Waals surface area contributed by atoms with Crippen molar-refractivity contribution in [1.29, 1.82) is 0 Å². The lowest BCUT2D eigenvalue weighted by Crippen LogP contribution is -2.14. The maximum absolute atomic E-state index is 11.7. The summed E-state index contributed by atoms with van der Waals surface area (Å²) in [4.78, 5) is 11.7. The highest BCUT2D eigenvalue weighted by Crippen LogP contribution is 2.30. The number of aromatic nitrogens is 2. The third kappa shape index (κ3) is 3.23. The number of hydrogen-bond donors (Lipinski definition) is 1. The van der Waals surface area contributed by atoms with Gasteiger partial charge in [-0.1, -0.05) is 41.4 Å². The first-order valence-electron chi connectivity index (χ1n) is 6.85. The van der Waals surface area contributed by atoms with E-state index in [1.165, 1.54) is 0 Å². The second kappa shape index (κ2) is 6.44. The van der Waals surface area contributed by atoms with Crippen molar-refractivity contribution >= 4 is 29.2 Å². The van der Waals surface area contributed by atoms with E-state index in [0.717, 1.165) is 5.69 Å². The minimum absolute atomic E-state index is 0.404. The number of carboxylic acids is 1. The Morgan fingerprint density at radius 3 is 2.39 bits per heavy atom. The first-order chi connectivity index (χ1) is 11.1. The number of aliphatic carboxylic acids is 1. The van der Waals surface area contributed by atoms with Crippen molar-refractivity contribution in [3.63, 3.8) is 0 Å². The normalized spacial score (nSPS) is 12.1. The van der Waals surface area contributed by atoms with Crippen molar-refractivity contribution in [2.75, 3.05) is 0 Å². The van der Waals surface area contributed by atoms with Gasteiger partial charge in [-0.25, -0.2) is 4.68 Å². The van der Waals surface area contributed by atoms with Crippen molar-refractivity contribution in [3.8, 4) is 5.69 Å². The van der Waals surface area contributed by atoms with Crippen LogP contribution in [-0.4, -0.2) is 20.9 Å². The molecule has 0 saturated carbocycles. The fourth-order valence-electron chi connectivity index (χ4n) is 2.36. The van der Waals surface area contributed by atoms with Crippen LogP contribution < -0.4 is 0 Å². The Hall–Kier alpha value is -2.30. The fourth-order valence-corrected chi connectivity index (χ4v) is 2.73. The molecule has 0 radical (unpaired) electrons. The molecule has 23 heavy (non-hydrogen) atoms. The van der Waals surface area contributed by atoms with Gasteiger partial charge in [0, 0.05) is 16.2 Å². The zero-order chi connectivity index (χ0) is 16.4. The van der Waals surface area contributed by atoms with Crippen molar-refractivity contribution in [2.45, 2.75) is 5.92 Å². The summed E-state index contributed by atoms with van der Waals surface area (Å²) in [6.07, 6.45) is 1.71. The van der Waals surface area contributed by atoms with Gasteiger partial charge in [0.2, 0.25) is 0 Å². The Morgan fingerprint density at radius 2 is 1.74 bits per heavy atom. The van der Waals surface area contributed by atoms with Crippen molar-refractivity contribution in [2.24, 2.45) is 0 Å². The molecule has 3 rings (SSSR count). The van der Waals surface area contributed by atoms with E-state index >= 15 is 0 Å². The topological polar surface area (TPSA) is 55.1 Å². The van der Waals surface area contributed by atoms with Gasteiger partial charge in [0.15, 0.2) is 0 Å². The van der Waals surface area contributed by atoms with Crippen LogP contribution in [0.5, 0.6) is 0 Å². The number of rotatable bonds is 4. The first-order valence-corrected chi connectivity index (χ1v) is 7.60.